The number of nitrogens with one attached hydrogen (secondary N) is 1. The molecule has 2 rings (SSSR count). The summed E-state index contributed by atoms with van der Waals surface area (Å²) in [5, 5.41) is 1.23. The zero-order valence-corrected chi connectivity index (χ0v) is 9.08. The van der Waals surface area contributed by atoms with Crippen LogP contribution in [0.15, 0.2) is 18.2 Å². The molecule has 1 aromatic rings. The molecule has 0 atom stereocenters. The Balaban J connectivity index is 2.32. The number of anilines is 1. The van der Waals surface area contributed by atoms with E-state index in [1.807, 2.05) is 0 Å². The van der Waals surface area contributed by atoms with Crippen molar-refractivity contribution in [2.75, 3.05) is 5.17 Å². The molecule has 1 saturated heterocycles. The van der Waals surface area contributed by atoms with E-state index in [0.717, 1.165) is 5.17 Å². The molecule has 16 heavy (non-hydrogen) atoms. The van der Waals surface area contributed by atoms with Crippen LogP contribution in [-0.2, 0) is 19.3 Å². The van der Waals surface area contributed by atoms with Crippen LogP contribution in [0.4, 0.5) is 5.69 Å². The topological polar surface area (TPSA) is 67.9 Å². The molecule has 0 radical (unpaired) electrons. The number of carbonyl (C=O) groups is 2. The van der Waals surface area contributed by atoms with E-state index < -0.39 is 11.9 Å². The van der Waals surface area contributed by atoms with Crippen molar-refractivity contribution in [2.45, 2.75) is 0 Å². The average molecular weight is 263 g/mol. The van der Waals surface area contributed by atoms with Crippen LogP contribution in [-0.4, -0.2) is 11.9 Å². The van der Waals surface area contributed by atoms with E-state index in [1.54, 1.807) is 6.07 Å². The molecule has 84 valence electrons. The van der Waals surface area contributed by atoms with Crippen LogP contribution in [0, 0.1) is 0 Å². The van der Waals surface area contributed by atoms with Gasteiger partial charge in [-0.2, -0.15) is 0 Å². The Morgan fingerprint density at radius 3 is 2.31 bits per heavy atom. The Bertz CT molecular complexity index is 445. The van der Waals surface area contributed by atoms with E-state index in [2.05, 4.69) is 15.3 Å². The largest absolute Gasteiger partial charge is 0.444 e. The van der Waals surface area contributed by atoms with Crippen molar-refractivity contribution < 1.29 is 19.3 Å². The molecule has 1 N–H and O–H groups in total. The van der Waals surface area contributed by atoms with Crippen molar-refractivity contribution >= 4 is 40.8 Å². The van der Waals surface area contributed by atoms with Gasteiger partial charge in [0.1, 0.15) is 5.69 Å². The first-order valence-corrected chi connectivity index (χ1v) is 4.78. The van der Waals surface area contributed by atoms with Gasteiger partial charge in [0, 0.05) is 0 Å². The maximum Gasteiger partial charge on any atom is 0.444 e. The first-order chi connectivity index (χ1) is 7.59. The lowest BCUT2D eigenvalue weighted by atomic mass is 10.3. The van der Waals surface area contributed by atoms with Crippen LogP contribution in [0.25, 0.3) is 0 Å². The molecule has 1 aromatic carbocycles. The Labute approximate surface area is 99.5 Å². The third-order valence-electron chi connectivity index (χ3n) is 1.70. The highest BCUT2D eigenvalue weighted by Gasteiger charge is 2.31. The highest BCUT2D eigenvalue weighted by molar-refractivity contribution is 6.39. The summed E-state index contributed by atoms with van der Waals surface area (Å²) in [6.45, 7) is 0. The number of hydrogen-bond donors (Lipinski definition) is 1. The zero-order valence-electron chi connectivity index (χ0n) is 7.57. The second kappa shape index (κ2) is 4.17. The van der Waals surface area contributed by atoms with E-state index in [-0.39, 0.29) is 15.7 Å². The summed E-state index contributed by atoms with van der Waals surface area (Å²) in [5.41, 5.74) is 2.24. The number of hydrogen-bond acceptors (Lipinski definition) is 6. The number of rotatable bonds is 1. The minimum absolute atomic E-state index is 0.173. The highest BCUT2D eigenvalue weighted by Crippen LogP contribution is 2.33. The zero-order chi connectivity index (χ0) is 11.7. The van der Waals surface area contributed by atoms with Crippen LogP contribution >= 0.6 is 23.2 Å². The highest BCUT2D eigenvalue weighted by atomic mass is 35.5. The van der Waals surface area contributed by atoms with E-state index >= 15 is 0 Å². The fraction of sp³-hybridized carbons (Fsp3) is 0. The van der Waals surface area contributed by atoms with Gasteiger partial charge in [-0.1, -0.05) is 34.4 Å². The smallest absolute Gasteiger partial charge is 0.338 e. The predicted molar refractivity (Wildman–Crippen MR) is 54.3 cm³/mol. The van der Waals surface area contributed by atoms with Crippen molar-refractivity contribution in [1.82, 2.24) is 5.59 Å². The third-order valence-corrected chi connectivity index (χ3v) is 2.31. The fourth-order valence-electron chi connectivity index (χ4n) is 1.04. The summed E-state index contributed by atoms with van der Waals surface area (Å²) in [4.78, 5) is 30.5. The summed E-state index contributed by atoms with van der Waals surface area (Å²) in [6, 6.07) is 4.69. The van der Waals surface area contributed by atoms with Gasteiger partial charge in [-0.25, -0.2) is 9.59 Å². The molecule has 0 saturated carbocycles. The molecule has 0 unspecified atom stereocenters. The maximum absolute atomic E-state index is 10.9. The number of nitrogens with zero attached hydrogens (tertiary/aromatic N) is 1. The van der Waals surface area contributed by atoms with E-state index in [4.69, 9.17) is 23.2 Å². The van der Waals surface area contributed by atoms with Crippen LogP contribution in [0.5, 0.6) is 0 Å². The van der Waals surface area contributed by atoms with Gasteiger partial charge in [0.2, 0.25) is 0 Å². The molecule has 8 heteroatoms. The average Bonchev–Trinajstić information content (AvgIpc) is 2.23. The monoisotopic (exact) mass is 262 g/mol. The standard InChI is InChI=1S/C8H4Cl2N2O4/c9-4-2-1-3-5(10)6(4)12-11-15-7(13)8(14)16-12/h1-3,11H. The van der Waals surface area contributed by atoms with Crippen LogP contribution in [0.2, 0.25) is 10.0 Å². The molecule has 0 bridgehead atoms. The van der Waals surface area contributed by atoms with Gasteiger partial charge in [-0.3, -0.25) is 0 Å². The second-order valence-corrected chi connectivity index (χ2v) is 3.54. The van der Waals surface area contributed by atoms with Crippen molar-refractivity contribution in [3.63, 3.8) is 0 Å². The van der Waals surface area contributed by atoms with Gasteiger partial charge in [0.25, 0.3) is 0 Å². The van der Waals surface area contributed by atoms with Crippen LogP contribution in [0.1, 0.15) is 0 Å². The van der Waals surface area contributed by atoms with Gasteiger partial charge >= 0.3 is 11.9 Å². The minimum atomic E-state index is -1.17. The third kappa shape index (κ3) is 1.90. The molecule has 1 aliphatic heterocycles. The van der Waals surface area contributed by atoms with Crippen molar-refractivity contribution in [3.05, 3.63) is 28.2 Å². The molecule has 6 nitrogen and oxygen atoms in total. The fourth-order valence-corrected chi connectivity index (χ4v) is 1.59. The Kier molecular flexibility index (Phi) is 2.86. The normalized spacial score (nSPS) is 15.8. The Morgan fingerprint density at radius 1 is 1.12 bits per heavy atom. The van der Waals surface area contributed by atoms with E-state index in [0.29, 0.717) is 0 Å². The molecule has 0 amide bonds. The van der Waals surface area contributed by atoms with Gasteiger partial charge in [0.05, 0.1) is 10.0 Å². The van der Waals surface area contributed by atoms with Gasteiger partial charge < -0.3 is 9.68 Å². The first kappa shape index (κ1) is 11.0. The van der Waals surface area contributed by atoms with Crippen LogP contribution < -0.4 is 10.8 Å². The Hall–Kier alpha value is -1.50. The Morgan fingerprint density at radius 2 is 1.75 bits per heavy atom. The summed E-state index contributed by atoms with van der Waals surface area (Å²) < 4.78 is 0. The lowest BCUT2D eigenvalue weighted by molar-refractivity contribution is -0.192. The molecule has 0 spiro atoms. The summed E-state index contributed by atoms with van der Waals surface area (Å²) in [5.74, 6) is -2.32. The molecule has 1 aliphatic rings. The number of carbonyl (C=O) groups excluding carboxylic acids is 2. The quantitative estimate of drug-likeness (QED) is 0.768. The predicted octanol–water partition coefficient (Wildman–Crippen LogP) is 1.23. The summed E-state index contributed by atoms with van der Waals surface area (Å²) in [6.07, 6.45) is 0. The summed E-state index contributed by atoms with van der Waals surface area (Å²) in [7, 11) is 0. The van der Waals surface area contributed by atoms with E-state index in [9.17, 15) is 9.59 Å². The molecular weight excluding hydrogens is 259 g/mol. The maximum atomic E-state index is 10.9. The first-order valence-electron chi connectivity index (χ1n) is 4.02. The van der Waals surface area contributed by atoms with Crippen molar-refractivity contribution in [2.24, 2.45) is 0 Å². The molecule has 0 aliphatic carbocycles. The molecule has 0 aromatic heterocycles. The molecular formula is C8H4Cl2N2O4. The second-order valence-electron chi connectivity index (χ2n) is 2.72. The molecule has 1 heterocycles. The van der Waals surface area contributed by atoms with Gasteiger partial charge in [0.15, 0.2) is 0 Å². The lowest BCUT2D eigenvalue weighted by Crippen LogP contribution is -2.49. The number of hydrazine groups is 1. The van der Waals surface area contributed by atoms with Gasteiger partial charge in [-0.05, 0) is 17.7 Å². The van der Waals surface area contributed by atoms with Crippen molar-refractivity contribution in [1.29, 1.82) is 0 Å². The SMILES string of the molecule is O=C1ONN(c2c(Cl)cccc2Cl)OC1=O. The lowest BCUT2D eigenvalue weighted by Gasteiger charge is -2.26. The summed E-state index contributed by atoms with van der Waals surface area (Å²) >= 11 is 11.7. The molecule has 1 fully saturated rings. The van der Waals surface area contributed by atoms with E-state index in [1.165, 1.54) is 12.1 Å². The number of benzene rings is 1. The number of halogens is 2. The van der Waals surface area contributed by atoms with Gasteiger partial charge in [-0.15, -0.1) is 0 Å². The van der Waals surface area contributed by atoms with Crippen molar-refractivity contribution in [3.8, 4) is 0 Å². The number of para-hydroxylation sites is 1. The van der Waals surface area contributed by atoms with Crippen LogP contribution in [0.3, 0.4) is 0 Å². The minimum Gasteiger partial charge on any atom is -0.338 e.